The van der Waals surface area contributed by atoms with Gasteiger partial charge in [-0.05, 0) is 46.7 Å². The Morgan fingerprint density at radius 3 is 2.71 bits per heavy atom. The quantitative estimate of drug-likeness (QED) is 0.690. The number of aliphatic hydroxyl groups is 1. The van der Waals surface area contributed by atoms with Gasteiger partial charge >= 0.3 is 0 Å². The van der Waals surface area contributed by atoms with Crippen molar-refractivity contribution in [3.8, 4) is 0 Å². The molecule has 2 atom stereocenters. The molecule has 1 heterocycles. The summed E-state index contributed by atoms with van der Waals surface area (Å²) in [5.74, 6) is 0. The van der Waals surface area contributed by atoms with Gasteiger partial charge in [0.2, 0.25) is 0 Å². The van der Waals surface area contributed by atoms with Crippen LogP contribution in [0.3, 0.4) is 0 Å². The first kappa shape index (κ1) is 12.0. The molecule has 14 heavy (non-hydrogen) atoms. The fraction of sp³-hybridized carbons (Fsp3) is 1.00. The summed E-state index contributed by atoms with van der Waals surface area (Å²) in [4.78, 5) is 2.52. The molecule has 0 saturated carbocycles. The van der Waals surface area contributed by atoms with E-state index in [1.807, 2.05) is 7.05 Å². The Morgan fingerprint density at radius 1 is 1.57 bits per heavy atom. The van der Waals surface area contributed by atoms with Crippen molar-refractivity contribution in [2.24, 2.45) is 0 Å². The smallest absolute Gasteiger partial charge is 0.0610 e. The Balaban J connectivity index is 2.31. The first-order chi connectivity index (χ1) is 6.61. The number of hydrogen-bond donors (Lipinski definition) is 2. The molecule has 1 aliphatic heterocycles. The molecule has 0 amide bonds. The molecule has 84 valence electrons. The van der Waals surface area contributed by atoms with Crippen LogP contribution < -0.4 is 5.32 Å². The third-order valence-corrected chi connectivity index (χ3v) is 3.59. The number of rotatable bonds is 5. The van der Waals surface area contributed by atoms with Crippen molar-refractivity contribution in [3.63, 3.8) is 0 Å². The number of aliphatic hydroxyl groups excluding tert-OH is 1. The van der Waals surface area contributed by atoms with E-state index in [4.69, 9.17) is 0 Å². The fourth-order valence-electron chi connectivity index (χ4n) is 2.00. The van der Waals surface area contributed by atoms with Gasteiger partial charge in [-0.25, -0.2) is 0 Å². The van der Waals surface area contributed by atoms with Gasteiger partial charge < -0.3 is 15.3 Å². The van der Waals surface area contributed by atoms with Crippen LogP contribution in [0.25, 0.3) is 0 Å². The van der Waals surface area contributed by atoms with E-state index in [0.717, 1.165) is 19.0 Å². The Labute approximate surface area is 87.5 Å². The molecule has 0 aromatic carbocycles. The highest BCUT2D eigenvalue weighted by atomic mass is 16.3. The zero-order chi connectivity index (χ0) is 10.6. The summed E-state index contributed by atoms with van der Waals surface area (Å²) in [6, 6.07) is 0.731. The maximum absolute atomic E-state index is 9.24. The van der Waals surface area contributed by atoms with Gasteiger partial charge in [0, 0.05) is 18.1 Å². The van der Waals surface area contributed by atoms with Crippen LogP contribution in [0.15, 0.2) is 0 Å². The van der Waals surface area contributed by atoms with Crippen molar-refractivity contribution >= 4 is 0 Å². The molecule has 1 fully saturated rings. The predicted molar refractivity (Wildman–Crippen MR) is 59.4 cm³/mol. The van der Waals surface area contributed by atoms with Crippen LogP contribution in [0.5, 0.6) is 0 Å². The van der Waals surface area contributed by atoms with Crippen molar-refractivity contribution in [2.75, 3.05) is 26.7 Å². The molecular weight excluding hydrogens is 176 g/mol. The molecule has 1 saturated heterocycles. The van der Waals surface area contributed by atoms with Crippen LogP contribution in [0.4, 0.5) is 0 Å². The lowest BCUT2D eigenvalue weighted by atomic mass is 9.99. The van der Waals surface area contributed by atoms with Gasteiger partial charge in [-0.15, -0.1) is 0 Å². The zero-order valence-corrected chi connectivity index (χ0v) is 9.71. The largest absolute Gasteiger partial charge is 0.394 e. The van der Waals surface area contributed by atoms with Crippen molar-refractivity contribution in [3.05, 3.63) is 0 Å². The van der Waals surface area contributed by atoms with E-state index in [9.17, 15) is 5.11 Å². The van der Waals surface area contributed by atoms with Crippen molar-refractivity contribution in [2.45, 2.75) is 44.7 Å². The van der Waals surface area contributed by atoms with E-state index in [-0.39, 0.29) is 12.1 Å². The molecule has 0 aromatic heterocycles. The van der Waals surface area contributed by atoms with Crippen LogP contribution in [0, 0.1) is 0 Å². The van der Waals surface area contributed by atoms with Gasteiger partial charge in [0.1, 0.15) is 0 Å². The molecule has 1 aliphatic rings. The third-order valence-electron chi connectivity index (χ3n) is 3.59. The first-order valence-electron chi connectivity index (χ1n) is 5.65. The molecule has 0 bridgehead atoms. The second-order valence-corrected chi connectivity index (χ2v) is 4.75. The summed E-state index contributed by atoms with van der Waals surface area (Å²) in [7, 11) is 1.92. The number of likely N-dealkylation sites (tertiary alicyclic amines) is 1. The van der Waals surface area contributed by atoms with Gasteiger partial charge in [0.25, 0.3) is 0 Å². The van der Waals surface area contributed by atoms with Crippen LogP contribution in [-0.4, -0.2) is 48.3 Å². The first-order valence-corrected chi connectivity index (χ1v) is 5.65. The van der Waals surface area contributed by atoms with Crippen LogP contribution in [0.2, 0.25) is 0 Å². The molecule has 1 rings (SSSR count). The predicted octanol–water partition coefficient (Wildman–Crippen LogP) is 0.831. The van der Waals surface area contributed by atoms with Gasteiger partial charge in [0.05, 0.1) is 6.61 Å². The van der Waals surface area contributed by atoms with Crippen molar-refractivity contribution in [1.29, 1.82) is 0 Å². The molecule has 3 heteroatoms. The normalized spacial score (nSPS) is 27.9. The molecule has 2 unspecified atom stereocenters. The van der Waals surface area contributed by atoms with E-state index in [0.29, 0.717) is 0 Å². The van der Waals surface area contributed by atoms with Gasteiger partial charge in [-0.3, -0.25) is 0 Å². The number of hydrogen-bond acceptors (Lipinski definition) is 3. The van der Waals surface area contributed by atoms with E-state index in [1.54, 1.807) is 0 Å². The highest BCUT2D eigenvalue weighted by molar-refractivity contribution is 4.84. The molecule has 0 aliphatic carbocycles. The summed E-state index contributed by atoms with van der Waals surface area (Å²) in [5.41, 5.74) is -0.109. The highest BCUT2D eigenvalue weighted by Crippen LogP contribution is 2.18. The van der Waals surface area contributed by atoms with E-state index >= 15 is 0 Å². The zero-order valence-electron chi connectivity index (χ0n) is 9.71. The van der Waals surface area contributed by atoms with Crippen LogP contribution in [0.1, 0.15) is 33.1 Å². The van der Waals surface area contributed by atoms with E-state index < -0.39 is 0 Å². The summed E-state index contributed by atoms with van der Waals surface area (Å²) in [6.07, 6.45) is 3.68. The highest BCUT2D eigenvalue weighted by Gasteiger charge is 2.25. The lowest BCUT2D eigenvalue weighted by Gasteiger charge is -2.30. The molecule has 0 aromatic rings. The lowest BCUT2D eigenvalue weighted by molar-refractivity contribution is 0.150. The molecular formula is C11H24N2O. The summed E-state index contributed by atoms with van der Waals surface area (Å²) < 4.78 is 0. The molecule has 2 N–H and O–H groups in total. The molecule has 0 radical (unpaired) electrons. The summed E-state index contributed by atoms with van der Waals surface area (Å²) in [5, 5.41) is 12.4. The van der Waals surface area contributed by atoms with Gasteiger partial charge in [-0.2, -0.15) is 0 Å². The van der Waals surface area contributed by atoms with Gasteiger partial charge in [-0.1, -0.05) is 0 Å². The second kappa shape index (κ2) is 5.10. The minimum atomic E-state index is -0.109. The van der Waals surface area contributed by atoms with Crippen LogP contribution >= 0.6 is 0 Å². The number of likely N-dealkylation sites (N-methyl/N-ethyl adjacent to an activating group) is 1. The average molecular weight is 200 g/mol. The summed E-state index contributed by atoms with van der Waals surface area (Å²) in [6.45, 7) is 6.91. The summed E-state index contributed by atoms with van der Waals surface area (Å²) >= 11 is 0. The number of nitrogens with zero attached hydrogens (tertiary/aromatic N) is 1. The van der Waals surface area contributed by atoms with Crippen molar-refractivity contribution in [1.82, 2.24) is 10.2 Å². The Kier molecular flexibility index (Phi) is 4.35. The topological polar surface area (TPSA) is 35.5 Å². The standard InChI is InChI=1S/C11H24N2O/c1-10-5-4-7-13(10)8-6-11(2,9-14)12-3/h10,12,14H,4-9H2,1-3H3. The second-order valence-electron chi connectivity index (χ2n) is 4.75. The number of nitrogens with one attached hydrogen (secondary N) is 1. The third kappa shape index (κ3) is 2.94. The average Bonchev–Trinajstić information content (AvgIpc) is 2.61. The van der Waals surface area contributed by atoms with Crippen LogP contribution in [-0.2, 0) is 0 Å². The fourth-order valence-corrected chi connectivity index (χ4v) is 2.00. The Bertz CT molecular complexity index is 169. The minimum absolute atomic E-state index is 0.109. The van der Waals surface area contributed by atoms with E-state index in [1.165, 1.54) is 19.4 Å². The van der Waals surface area contributed by atoms with Gasteiger partial charge in [0.15, 0.2) is 0 Å². The maximum Gasteiger partial charge on any atom is 0.0610 e. The Hall–Kier alpha value is -0.120. The van der Waals surface area contributed by atoms with Crippen molar-refractivity contribution < 1.29 is 5.11 Å². The maximum atomic E-state index is 9.24. The van der Waals surface area contributed by atoms with E-state index in [2.05, 4.69) is 24.1 Å². The Morgan fingerprint density at radius 2 is 2.29 bits per heavy atom. The lowest BCUT2D eigenvalue weighted by Crippen LogP contribution is -2.46. The molecule has 3 nitrogen and oxygen atoms in total. The monoisotopic (exact) mass is 200 g/mol. The molecule has 0 spiro atoms. The minimum Gasteiger partial charge on any atom is -0.394 e. The SMILES string of the molecule is CNC(C)(CO)CCN1CCCC1C.